The molecular formula is C21H20F2N4O3. The van der Waals surface area contributed by atoms with Gasteiger partial charge in [-0.05, 0) is 23.3 Å². The van der Waals surface area contributed by atoms with Gasteiger partial charge in [0, 0.05) is 18.2 Å². The molecule has 1 aromatic heterocycles. The highest BCUT2D eigenvalue weighted by Crippen LogP contribution is 2.33. The van der Waals surface area contributed by atoms with Crippen molar-refractivity contribution in [3.8, 4) is 11.5 Å². The maximum absolute atomic E-state index is 12.7. The Morgan fingerprint density at radius 1 is 1.20 bits per heavy atom. The highest BCUT2D eigenvalue weighted by atomic mass is 19.3. The van der Waals surface area contributed by atoms with E-state index >= 15 is 0 Å². The van der Waals surface area contributed by atoms with Crippen LogP contribution in [0.3, 0.4) is 0 Å². The molecule has 2 aromatic carbocycles. The Morgan fingerprint density at radius 3 is 2.70 bits per heavy atom. The zero-order valence-electron chi connectivity index (χ0n) is 16.2. The first-order valence-corrected chi connectivity index (χ1v) is 9.03. The molecule has 0 atom stereocenters. The average molecular weight is 414 g/mol. The van der Waals surface area contributed by atoms with E-state index < -0.39 is 6.61 Å². The van der Waals surface area contributed by atoms with E-state index in [1.807, 2.05) is 24.3 Å². The number of halogens is 2. The molecular weight excluding hydrogens is 394 g/mol. The Hall–Kier alpha value is -3.75. The van der Waals surface area contributed by atoms with E-state index in [1.54, 1.807) is 23.1 Å². The SMILES string of the molecule is COc1cccc(/C=C/C(=O)NCc2ccccc2Cn2cncn2)c1OC(F)F. The lowest BCUT2D eigenvalue weighted by Crippen LogP contribution is -2.21. The average Bonchev–Trinajstić information content (AvgIpc) is 3.25. The van der Waals surface area contributed by atoms with Crippen LogP contribution in [-0.4, -0.2) is 34.4 Å². The van der Waals surface area contributed by atoms with Crippen molar-refractivity contribution < 1.29 is 23.0 Å². The molecule has 1 heterocycles. The number of rotatable bonds is 9. The Kier molecular flexibility index (Phi) is 7.09. The van der Waals surface area contributed by atoms with E-state index in [-0.39, 0.29) is 17.4 Å². The molecule has 156 valence electrons. The van der Waals surface area contributed by atoms with Crippen LogP contribution < -0.4 is 14.8 Å². The van der Waals surface area contributed by atoms with Crippen LogP contribution in [0.5, 0.6) is 11.5 Å². The highest BCUT2D eigenvalue weighted by molar-refractivity contribution is 5.92. The summed E-state index contributed by atoms with van der Waals surface area (Å²) in [5.74, 6) is -0.353. The van der Waals surface area contributed by atoms with Gasteiger partial charge in [-0.1, -0.05) is 36.4 Å². The maximum Gasteiger partial charge on any atom is 0.387 e. The predicted octanol–water partition coefficient (Wildman–Crippen LogP) is 3.27. The van der Waals surface area contributed by atoms with Gasteiger partial charge in [-0.3, -0.25) is 4.79 Å². The first kappa shape index (κ1) is 21.0. The second-order valence-corrected chi connectivity index (χ2v) is 6.17. The van der Waals surface area contributed by atoms with E-state index in [1.165, 1.54) is 31.7 Å². The standard InChI is InChI=1S/C21H20F2N4O3/c1-29-18-8-4-7-15(20(18)30-21(22)23)9-10-19(28)25-11-16-5-2-3-6-17(16)12-27-14-24-13-26-27/h2-10,13-14,21H,11-12H2,1H3,(H,25,28)/b10-9+. The van der Waals surface area contributed by atoms with Crippen molar-refractivity contribution in [1.82, 2.24) is 20.1 Å². The summed E-state index contributed by atoms with van der Waals surface area (Å²) in [4.78, 5) is 16.2. The summed E-state index contributed by atoms with van der Waals surface area (Å²) in [5.41, 5.74) is 2.22. The minimum absolute atomic E-state index is 0.128. The van der Waals surface area contributed by atoms with Crippen LogP contribution in [-0.2, 0) is 17.9 Å². The third-order valence-electron chi connectivity index (χ3n) is 4.22. The molecule has 3 aromatic rings. The van der Waals surface area contributed by atoms with Crippen molar-refractivity contribution in [2.45, 2.75) is 19.7 Å². The topological polar surface area (TPSA) is 78.3 Å². The number of methoxy groups -OCH3 is 1. The molecule has 0 bridgehead atoms. The third-order valence-corrected chi connectivity index (χ3v) is 4.22. The molecule has 0 saturated carbocycles. The number of hydrogen-bond acceptors (Lipinski definition) is 5. The van der Waals surface area contributed by atoms with Crippen LogP contribution >= 0.6 is 0 Å². The van der Waals surface area contributed by atoms with E-state index in [4.69, 9.17) is 4.74 Å². The van der Waals surface area contributed by atoms with Gasteiger partial charge in [-0.2, -0.15) is 13.9 Å². The number of ether oxygens (including phenoxy) is 2. The molecule has 30 heavy (non-hydrogen) atoms. The molecule has 0 aliphatic heterocycles. The van der Waals surface area contributed by atoms with Crippen LogP contribution in [0, 0.1) is 0 Å². The fourth-order valence-corrected chi connectivity index (χ4v) is 2.82. The molecule has 9 heteroatoms. The number of benzene rings is 2. The van der Waals surface area contributed by atoms with Gasteiger partial charge in [-0.25, -0.2) is 9.67 Å². The fourth-order valence-electron chi connectivity index (χ4n) is 2.82. The van der Waals surface area contributed by atoms with Gasteiger partial charge < -0.3 is 14.8 Å². The lowest BCUT2D eigenvalue weighted by atomic mass is 10.1. The van der Waals surface area contributed by atoms with Crippen LogP contribution in [0.1, 0.15) is 16.7 Å². The number of carbonyl (C=O) groups is 1. The van der Waals surface area contributed by atoms with Crippen molar-refractivity contribution in [2.75, 3.05) is 7.11 Å². The van der Waals surface area contributed by atoms with Crippen LogP contribution in [0.2, 0.25) is 0 Å². The van der Waals surface area contributed by atoms with Gasteiger partial charge >= 0.3 is 6.61 Å². The van der Waals surface area contributed by atoms with Crippen molar-refractivity contribution in [3.05, 3.63) is 77.9 Å². The molecule has 0 spiro atoms. The number of nitrogens with one attached hydrogen (secondary N) is 1. The lowest BCUT2D eigenvalue weighted by Gasteiger charge is -2.12. The molecule has 0 aliphatic rings. The van der Waals surface area contributed by atoms with Crippen LogP contribution in [0.4, 0.5) is 8.78 Å². The van der Waals surface area contributed by atoms with Crippen LogP contribution in [0.15, 0.2) is 61.2 Å². The fraction of sp³-hybridized carbons (Fsp3) is 0.190. The predicted molar refractivity (Wildman–Crippen MR) is 106 cm³/mol. The number of alkyl halides is 2. The zero-order chi connectivity index (χ0) is 21.3. The smallest absolute Gasteiger partial charge is 0.387 e. The van der Waals surface area contributed by atoms with Crippen molar-refractivity contribution in [1.29, 1.82) is 0 Å². The molecule has 7 nitrogen and oxygen atoms in total. The molecule has 3 rings (SSSR count). The minimum Gasteiger partial charge on any atom is -0.493 e. The maximum atomic E-state index is 12.7. The summed E-state index contributed by atoms with van der Waals surface area (Å²) >= 11 is 0. The normalized spacial score (nSPS) is 11.1. The molecule has 0 fully saturated rings. The first-order chi connectivity index (χ1) is 14.6. The lowest BCUT2D eigenvalue weighted by molar-refractivity contribution is -0.116. The number of amides is 1. The summed E-state index contributed by atoms with van der Waals surface area (Å²) in [6.45, 7) is -2.18. The Morgan fingerprint density at radius 2 is 2.00 bits per heavy atom. The Balaban J connectivity index is 1.67. The van der Waals surface area contributed by atoms with E-state index in [0.29, 0.717) is 18.7 Å². The number of nitrogens with zero attached hydrogens (tertiary/aromatic N) is 3. The minimum atomic E-state index is -3.01. The first-order valence-electron chi connectivity index (χ1n) is 9.03. The van der Waals surface area contributed by atoms with Gasteiger partial charge in [-0.15, -0.1) is 0 Å². The van der Waals surface area contributed by atoms with Crippen LogP contribution in [0.25, 0.3) is 6.08 Å². The number of para-hydroxylation sites is 1. The second-order valence-electron chi connectivity index (χ2n) is 6.17. The zero-order valence-corrected chi connectivity index (χ0v) is 16.2. The van der Waals surface area contributed by atoms with Gasteiger partial charge in [0.1, 0.15) is 12.7 Å². The Labute approximate surface area is 172 Å². The van der Waals surface area contributed by atoms with Crippen molar-refractivity contribution in [2.24, 2.45) is 0 Å². The highest BCUT2D eigenvalue weighted by Gasteiger charge is 2.14. The number of aromatic nitrogens is 3. The quantitative estimate of drug-likeness (QED) is 0.544. The Bertz CT molecular complexity index is 1010. The molecule has 1 N–H and O–H groups in total. The number of hydrogen-bond donors (Lipinski definition) is 1. The third kappa shape index (κ3) is 5.63. The largest absolute Gasteiger partial charge is 0.493 e. The van der Waals surface area contributed by atoms with E-state index in [9.17, 15) is 13.6 Å². The van der Waals surface area contributed by atoms with Crippen molar-refractivity contribution in [3.63, 3.8) is 0 Å². The van der Waals surface area contributed by atoms with E-state index in [0.717, 1.165) is 11.1 Å². The summed E-state index contributed by atoms with van der Waals surface area (Å²) in [6.07, 6.45) is 5.73. The second kappa shape index (κ2) is 10.1. The molecule has 0 aliphatic carbocycles. The van der Waals surface area contributed by atoms with Gasteiger partial charge in [0.25, 0.3) is 0 Å². The summed E-state index contributed by atoms with van der Waals surface area (Å²) in [7, 11) is 1.35. The molecule has 1 amide bonds. The summed E-state index contributed by atoms with van der Waals surface area (Å²) in [5, 5.41) is 6.87. The van der Waals surface area contributed by atoms with E-state index in [2.05, 4.69) is 20.1 Å². The number of carbonyl (C=O) groups excluding carboxylic acids is 1. The van der Waals surface area contributed by atoms with Crippen molar-refractivity contribution >= 4 is 12.0 Å². The monoisotopic (exact) mass is 414 g/mol. The van der Waals surface area contributed by atoms with Gasteiger partial charge in [0.2, 0.25) is 5.91 Å². The molecule has 0 saturated heterocycles. The summed E-state index contributed by atoms with van der Waals surface area (Å²) < 4.78 is 36.7. The molecule has 0 radical (unpaired) electrons. The van der Waals surface area contributed by atoms with Gasteiger partial charge in [0.15, 0.2) is 11.5 Å². The molecule has 0 unspecified atom stereocenters. The van der Waals surface area contributed by atoms with Gasteiger partial charge in [0.05, 0.1) is 13.7 Å². The summed E-state index contributed by atoms with van der Waals surface area (Å²) in [6, 6.07) is 12.3.